The van der Waals surface area contributed by atoms with E-state index in [1.165, 1.54) is 22.4 Å². The fourth-order valence-corrected chi connectivity index (χ4v) is 4.44. The van der Waals surface area contributed by atoms with E-state index < -0.39 is 5.97 Å². The first-order chi connectivity index (χ1) is 13.1. The van der Waals surface area contributed by atoms with Gasteiger partial charge < -0.3 is 16.2 Å². The summed E-state index contributed by atoms with van der Waals surface area (Å²) in [5, 5.41) is 13.2. The Balaban J connectivity index is 1.58. The largest absolute Gasteiger partial charge is 0.478 e. The lowest BCUT2D eigenvalue weighted by Crippen LogP contribution is -2.42. The van der Waals surface area contributed by atoms with Gasteiger partial charge in [-0.1, -0.05) is 30.2 Å². The van der Waals surface area contributed by atoms with Crippen molar-refractivity contribution in [3.63, 3.8) is 0 Å². The van der Waals surface area contributed by atoms with Crippen molar-refractivity contribution in [1.82, 2.24) is 5.32 Å². The van der Waals surface area contributed by atoms with Crippen molar-refractivity contribution < 1.29 is 9.90 Å². The number of benzene rings is 2. The minimum absolute atomic E-state index is 0.338. The zero-order chi connectivity index (χ0) is 19.0. The van der Waals surface area contributed by atoms with Crippen molar-refractivity contribution in [2.24, 2.45) is 5.73 Å². The van der Waals surface area contributed by atoms with E-state index in [0.717, 1.165) is 43.3 Å². The predicted octanol–water partition coefficient (Wildman–Crippen LogP) is 2.81. The number of carboxylic acid groups (broad SMARTS) is 1. The van der Waals surface area contributed by atoms with Crippen LogP contribution in [0.2, 0.25) is 0 Å². The minimum Gasteiger partial charge on any atom is -0.478 e. The summed E-state index contributed by atoms with van der Waals surface area (Å²) in [7, 11) is 0. The molecule has 2 aliphatic rings. The lowest BCUT2D eigenvalue weighted by atomic mass is 9.39. The van der Waals surface area contributed by atoms with Gasteiger partial charge >= 0.3 is 5.97 Å². The standard InChI is InChI=1S/C22H25BN2O2/c1-14-10-17(8-7-15(14)5-3-9-24)20-13-23-12-19-16(11-21(23)25-20)4-2-6-18(19)22(26)27/h2,4,6-8,10,13,21,25H,3,5,9,11-12,24H2,1H3,(H,26,27). The van der Waals surface area contributed by atoms with E-state index >= 15 is 0 Å². The molecular formula is C22H25BN2O2. The zero-order valence-electron chi connectivity index (χ0n) is 15.7. The molecule has 0 aliphatic carbocycles. The first kappa shape index (κ1) is 17.9. The summed E-state index contributed by atoms with van der Waals surface area (Å²) in [6.45, 7) is 3.22. The van der Waals surface area contributed by atoms with Crippen LogP contribution in [-0.2, 0) is 19.2 Å². The third-order valence-electron chi connectivity index (χ3n) is 5.93. The lowest BCUT2D eigenvalue weighted by molar-refractivity contribution is 0.0695. The maximum absolute atomic E-state index is 11.6. The SMILES string of the molecule is Cc1cc(C2=CB3Cc4c(cccc4C(=O)O)CC3N2)ccc1CCCN. The second kappa shape index (κ2) is 7.24. The highest BCUT2D eigenvalue weighted by Crippen LogP contribution is 2.31. The van der Waals surface area contributed by atoms with E-state index in [2.05, 4.69) is 42.5 Å². The average molecular weight is 360 g/mol. The van der Waals surface area contributed by atoms with Crippen LogP contribution in [0.25, 0.3) is 5.70 Å². The van der Waals surface area contributed by atoms with Gasteiger partial charge in [0.1, 0.15) is 0 Å². The van der Waals surface area contributed by atoms with E-state index in [-0.39, 0.29) is 0 Å². The smallest absolute Gasteiger partial charge is 0.335 e. The number of carbonyl (C=O) groups is 1. The van der Waals surface area contributed by atoms with Gasteiger partial charge in [0.05, 0.1) is 5.56 Å². The number of carboxylic acids is 1. The molecule has 0 saturated heterocycles. The molecule has 4 N–H and O–H groups in total. The molecule has 4 rings (SSSR count). The molecule has 2 aromatic rings. The Bertz CT molecular complexity index is 923. The van der Waals surface area contributed by atoms with Crippen molar-refractivity contribution in [1.29, 1.82) is 0 Å². The zero-order valence-corrected chi connectivity index (χ0v) is 15.7. The maximum Gasteiger partial charge on any atom is 0.335 e. The molecule has 2 heterocycles. The predicted molar refractivity (Wildman–Crippen MR) is 110 cm³/mol. The highest BCUT2D eigenvalue weighted by molar-refractivity contribution is 6.68. The third-order valence-corrected chi connectivity index (χ3v) is 5.93. The van der Waals surface area contributed by atoms with Gasteiger partial charge in [-0.15, -0.1) is 0 Å². The molecule has 0 spiro atoms. The van der Waals surface area contributed by atoms with Gasteiger partial charge in [-0.3, -0.25) is 0 Å². The summed E-state index contributed by atoms with van der Waals surface area (Å²) in [4.78, 5) is 11.6. The monoisotopic (exact) mass is 360 g/mol. The molecule has 0 fully saturated rings. The molecule has 0 saturated carbocycles. The van der Waals surface area contributed by atoms with Gasteiger partial charge in [0.15, 0.2) is 6.71 Å². The minimum atomic E-state index is -0.829. The van der Waals surface area contributed by atoms with Crippen LogP contribution >= 0.6 is 0 Å². The number of hydrogen-bond donors (Lipinski definition) is 3. The van der Waals surface area contributed by atoms with E-state index in [9.17, 15) is 9.90 Å². The third kappa shape index (κ3) is 3.39. The van der Waals surface area contributed by atoms with Crippen LogP contribution in [-0.4, -0.2) is 30.3 Å². The van der Waals surface area contributed by atoms with Crippen molar-refractivity contribution in [3.05, 3.63) is 75.8 Å². The van der Waals surface area contributed by atoms with Gasteiger partial charge in [-0.2, -0.15) is 0 Å². The second-order valence-electron chi connectivity index (χ2n) is 7.69. The van der Waals surface area contributed by atoms with Crippen molar-refractivity contribution in [3.8, 4) is 0 Å². The van der Waals surface area contributed by atoms with Crippen LogP contribution in [0.4, 0.5) is 0 Å². The summed E-state index contributed by atoms with van der Waals surface area (Å²) in [6, 6.07) is 12.3. The Labute approximate surface area is 160 Å². The van der Waals surface area contributed by atoms with Gasteiger partial charge in [-0.05, 0) is 79.0 Å². The summed E-state index contributed by atoms with van der Waals surface area (Å²) in [5.41, 5.74) is 13.3. The molecule has 138 valence electrons. The number of rotatable bonds is 5. The fourth-order valence-electron chi connectivity index (χ4n) is 4.44. The number of nitrogens with one attached hydrogen (secondary N) is 1. The molecule has 5 heteroatoms. The topological polar surface area (TPSA) is 75.3 Å². The summed E-state index contributed by atoms with van der Waals surface area (Å²) in [6.07, 6.45) is 3.68. The van der Waals surface area contributed by atoms with E-state index in [1.807, 2.05) is 6.07 Å². The number of hydrogen-bond acceptors (Lipinski definition) is 3. The van der Waals surface area contributed by atoms with Crippen LogP contribution in [0, 0.1) is 6.92 Å². The van der Waals surface area contributed by atoms with Crippen LogP contribution in [0.5, 0.6) is 0 Å². The molecule has 2 aliphatic heterocycles. The van der Waals surface area contributed by atoms with Crippen LogP contribution in [0.1, 0.15) is 44.6 Å². The lowest BCUT2D eigenvalue weighted by Gasteiger charge is -2.27. The molecule has 1 unspecified atom stereocenters. The van der Waals surface area contributed by atoms with Gasteiger partial charge in [0.25, 0.3) is 0 Å². The fraction of sp³-hybridized carbons (Fsp3) is 0.318. The second-order valence-corrected chi connectivity index (χ2v) is 7.69. The van der Waals surface area contributed by atoms with Crippen molar-refractivity contribution >= 4 is 18.4 Å². The normalized spacial score (nSPS) is 17.8. The Morgan fingerprint density at radius 2 is 2.19 bits per heavy atom. The molecule has 27 heavy (non-hydrogen) atoms. The maximum atomic E-state index is 11.6. The Morgan fingerprint density at radius 3 is 2.93 bits per heavy atom. The summed E-state index contributed by atoms with van der Waals surface area (Å²) < 4.78 is 0. The summed E-state index contributed by atoms with van der Waals surface area (Å²) in [5.74, 6) is 1.80. The van der Waals surface area contributed by atoms with Crippen LogP contribution < -0.4 is 11.1 Å². The van der Waals surface area contributed by atoms with E-state index in [4.69, 9.17) is 5.73 Å². The molecule has 0 radical (unpaired) electrons. The van der Waals surface area contributed by atoms with Gasteiger partial charge in [0.2, 0.25) is 0 Å². The Morgan fingerprint density at radius 1 is 1.33 bits per heavy atom. The van der Waals surface area contributed by atoms with Crippen molar-refractivity contribution in [2.45, 2.75) is 38.4 Å². The average Bonchev–Trinajstić information content (AvgIpc) is 3.07. The highest BCUT2D eigenvalue weighted by Gasteiger charge is 2.36. The number of fused-ring (bicyclic) bond motifs is 2. The van der Waals surface area contributed by atoms with E-state index in [1.54, 1.807) is 6.07 Å². The molecule has 0 bridgehead atoms. The summed E-state index contributed by atoms with van der Waals surface area (Å²) >= 11 is 0. The number of aryl methyl sites for hydroxylation is 2. The first-order valence-electron chi connectivity index (χ1n) is 9.69. The molecule has 1 atom stereocenters. The quantitative estimate of drug-likeness (QED) is 0.717. The number of nitrogens with two attached hydrogens (primary N) is 1. The van der Waals surface area contributed by atoms with Gasteiger partial charge in [-0.25, -0.2) is 4.79 Å². The number of aromatic carboxylic acids is 1. The van der Waals surface area contributed by atoms with Crippen LogP contribution in [0.15, 0.2) is 42.4 Å². The first-order valence-corrected chi connectivity index (χ1v) is 9.69. The van der Waals surface area contributed by atoms with Gasteiger partial charge in [0, 0.05) is 11.6 Å². The van der Waals surface area contributed by atoms with E-state index in [0.29, 0.717) is 18.2 Å². The molecule has 0 amide bonds. The molecule has 2 aromatic carbocycles. The Kier molecular flexibility index (Phi) is 4.79. The Hall–Kier alpha value is -2.53. The highest BCUT2D eigenvalue weighted by atomic mass is 16.4. The molecular weight excluding hydrogens is 335 g/mol. The molecule has 4 nitrogen and oxygen atoms in total. The molecule has 0 aromatic heterocycles. The van der Waals surface area contributed by atoms with Crippen molar-refractivity contribution in [2.75, 3.05) is 6.54 Å². The van der Waals surface area contributed by atoms with Crippen LogP contribution in [0.3, 0.4) is 0 Å².